The molecule has 0 aliphatic heterocycles. The molecule has 0 aromatic heterocycles. The molecule has 0 aromatic rings. The molecule has 3 heteroatoms. The minimum absolute atomic E-state index is 0. The maximum Gasteiger partial charge on any atom is -0.00799 e. The normalized spacial score (nSPS) is 6.00. The van der Waals surface area contributed by atoms with Crippen molar-refractivity contribution in [2.75, 3.05) is 20.6 Å². The molecule has 0 rings (SSSR count). The molecule has 0 unspecified atom stereocenters. The van der Waals surface area contributed by atoms with Gasteiger partial charge in [0.25, 0.3) is 0 Å². The largest absolute Gasteiger partial charge is 0.330 e. The SMILES string of the molecule is CCCN.CNC.Cl. The van der Waals surface area contributed by atoms with E-state index in [0.717, 1.165) is 13.0 Å². The smallest absolute Gasteiger partial charge is 0.00799 e. The van der Waals surface area contributed by atoms with Crippen LogP contribution in [-0.4, -0.2) is 20.6 Å². The van der Waals surface area contributed by atoms with Gasteiger partial charge in [-0.15, -0.1) is 12.4 Å². The van der Waals surface area contributed by atoms with Gasteiger partial charge < -0.3 is 11.1 Å². The first-order chi connectivity index (χ1) is 3.33. The molecule has 54 valence electrons. The minimum Gasteiger partial charge on any atom is -0.330 e. The van der Waals surface area contributed by atoms with E-state index in [0.29, 0.717) is 0 Å². The van der Waals surface area contributed by atoms with Crippen LogP contribution in [0.4, 0.5) is 0 Å². The summed E-state index contributed by atoms with van der Waals surface area (Å²) < 4.78 is 0. The van der Waals surface area contributed by atoms with Crippen LogP contribution in [0.2, 0.25) is 0 Å². The van der Waals surface area contributed by atoms with E-state index in [1.807, 2.05) is 14.1 Å². The van der Waals surface area contributed by atoms with E-state index in [2.05, 4.69) is 12.2 Å². The lowest BCUT2D eigenvalue weighted by Crippen LogP contribution is -1.93. The van der Waals surface area contributed by atoms with E-state index in [4.69, 9.17) is 5.73 Å². The average Bonchev–Trinajstić information content (AvgIpc) is 1.69. The summed E-state index contributed by atoms with van der Waals surface area (Å²) in [7, 11) is 3.75. The highest BCUT2D eigenvalue weighted by Gasteiger charge is 1.55. The minimum atomic E-state index is 0. The van der Waals surface area contributed by atoms with Crippen molar-refractivity contribution in [1.82, 2.24) is 5.32 Å². The van der Waals surface area contributed by atoms with Crippen LogP contribution in [-0.2, 0) is 0 Å². The van der Waals surface area contributed by atoms with Crippen LogP contribution in [0, 0.1) is 0 Å². The van der Waals surface area contributed by atoms with Crippen LogP contribution in [0.1, 0.15) is 13.3 Å². The van der Waals surface area contributed by atoms with E-state index in [1.165, 1.54) is 0 Å². The molecule has 2 nitrogen and oxygen atoms in total. The maximum atomic E-state index is 5.03. The molecule has 3 N–H and O–H groups in total. The van der Waals surface area contributed by atoms with Crippen LogP contribution in [0.25, 0.3) is 0 Å². The van der Waals surface area contributed by atoms with Crippen molar-refractivity contribution in [3.05, 3.63) is 0 Å². The molecular formula is C5H17ClN2. The van der Waals surface area contributed by atoms with Gasteiger partial charge >= 0.3 is 0 Å². The summed E-state index contributed by atoms with van der Waals surface area (Å²) in [6.45, 7) is 2.88. The van der Waals surface area contributed by atoms with Crippen molar-refractivity contribution < 1.29 is 0 Å². The van der Waals surface area contributed by atoms with Crippen molar-refractivity contribution >= 4 is 12.4 Å². The van der Waals surface area contributed by atoms with Crippen molar-refractivity contribution in [3.8, 4) is 0 Å². The number of hydrogen-bond acceptors (Lipinski definition) is 2. The molecule has 0 fully saturated rings. The fraction of sp³-hybridized carbons (Fsp3) is 1.00. The average molecular weight is 141 g/mol. The fourth-order valence-electron chi connectivity index (χ4n) is 0. The highest BCUT2D eigenvalue weighted by molar-refractivity contribution is 5.85. The van der Waals surface area contributed by atoms with E-state index < -0.39 is 0 Å². The predicted octanol–water partition coefficient (Wildman–Crippen LogP) is 0.613. The van der Waals surface area contributed by atoms with E-state index in [-0.39, 0.29) is 12.4 Å². The zero-order valence-electron chi connectivity index (χ0n) is 5.90. The summed E-state index contributed by atoms with van der Waals surface area (Å²) in [6, 6.07) is 0. The highest BCUT2D eigenvalue weighted by atomic mass is 35.5. The monoisotopic (exact) mass is 140 g/mol. The first-order valence-corrected chi connectivity index (χ1v) is 2.62. The Bertz CT molecular complexity index is 17.9. The Morgan fingerprint density at radius 2 is 1.50 bits per heavy atom. The number of hydrogen-bond donors (Lipinski definition) is 2. The second kappa shape index (κ2) is 27.0. The summed E-state index contributed by atoms with van der Waals surface area (Å²) in [6.07, 6.45) is 1.10. The molecule has 0 saturated carbocycles. The number of halogens is 1. The molecule has 0 bridgehead atoms. The Kier molecular flexibility index (Phi) is 53.0. The Labute approximate surface area is 58.2 Å². The molecule has 0 aromatic carbocycles. The van der Waals surface area contributed by atoms with Crippen LogP contribution in [0.15, 0.2) is 0 Å². The second-order valence-corrected chi connectivity index (χ2v) is 1.29. The first kappa shape index (κ1) is 15.7. The highest BCUT2D eigenvalue weighted by Crippen LogP contribution is 1.57. The van der Waals surface area contributed by atoms with Gasteiger partial charge in [-0.1, -0.05) is 6.92 Å². The van der Waals surface area contributed by atoms with Crippen molar-refractivity contribution in [3.63, 3.8) is 0 Å². The molecule has 0 saturated heterocycles. The molecule has 0 heterocycles. The van der Waals surface area contributed by atoms with E-state index >= 15 is 0 Å². The molecular weight excluding hydrogens is 124 g/mol. The molecule has 8 heavy (non-hydrogen) atoms. The van der Waals surface area contributed by atoms with Gasteiger partial charge in [0.1, 0.15) is 0 Å². The number of rotatable bonds is 1. The van der Waals surface area contributed by atoms with Crippen LogP contribution in [0.5, 0.6) is 0 Å². The van der Waals surface area contributed by atoms with Gasteiger partial charge in [0, 0.05) is 0 Å². The van der Waals surface area contributed by atoms with Gasteiger partial charge in [-0.2, -0.15) is 0 Å². The van der Waals surface area contributed by atoms with Crippen LogP contribution in [0.3, 0.4) is 0 Å². The Morgan fingerprint density at radius 3 is 1.50 bits per heavy atom. The zero-order valence-corrected chi connectivity index (χ0v) is 6.72. The third kappa shape index (κ3) is 115. The lowest BCUT2D eigenvalue weighted by Gasteiger charge is -1.70. The van der Waals surface area contributed by atoms with Crippen molar-refractivity contribution in [2.24, 2.45) is 5.73 Å². The molecule has 0 aliphatic carbocycles. The van der Waals surface area contributed by atoms with Gasteiger partial charge in [0.2, 0.25) is 0 Å². The molecule has 0 aliphatic rings. The summed E-state index contributed by atoms with van der Waals surface area (Å²) >= 11 is 0. The van der Waals surface area contributed by atoms with Gasteiger partial charge in [-0.25, -0.2) is 0 Å². The third-order valence-electron chi connectivity index (χ3n) is 0.289. The first-order valence-electron chi connectivity index (χ1n) is 2.62. The Balaban J connectivity index is -0.0000000575. The fourth-order valence-corrected chi connectivity index (χ4v) is 0. The van der Waals surface area contributed by atoms with Crippen LogP contribution < -0.4 is 11.1 Å². The lowest BCUT2D eigenvalue weighted by molar-refractivity contribution is 0.932. The van der Waals surface area contributed by atoms with E-state index in [1.54, 1.807) is 0 Å². The molecule has 0 radical (unpaired) electrons. The van der Waals surface area contributed by atoms with Crippen LogP contribution >= 0.6 is 12.4 Å². The Hall–Kier alpha value is 0.210. The molecule has 0 atom stereocenters. The lowest BCUT2D eigenvalue weighted by atomic mass is 10.5. The second-order valence-electron chi connectivity index (χ2n) is 1.29. The van der Waals surface area contributed by atoms with Gasteiger partial charge in [0.15, 0.2) is 0 Å². The van der Waals surface area contributed by atoms with Gasteiger partial charge in [-0.3, -0.25) is 0 Å². The van der Waals surface area contributed by atoms with Crippen molar-refractivity contribution in [2.45, 2.75) is 13.3 Å². The van der Waals surface area contributed by atoms with E-state index in [9.17, 15) is 0 Å². The van der Waals surface area contributed by atoms with Gasteiger partial charge in [0.05, 0.1) is 0 Å². The van der Waals surface area contributed by atoms with Crippen molar-refractivity contribution in [1.29, 1.82) is 0 Å². The quantitative estimate of drug-likeness (QED) is 0.560. The molecule has 0 spiro atoms. The number of nitrogens with one attached hydrogen (secondary N) is 1. The van der Waals surface area contributed by atoms with Gasteiger partial charge in [-0.05, 0) is 27.1 Å². The predicted molar refractivity (Wildman–Crippen MR) is 41.6 cm³/mol. The third-order valence-corrected chi connectivity index (χ3v) is 0.289. The number of nitrogens with two attached hydrogens (primary N) is 1. The molecule has 0 amide bonds. The summed E-state index contributed by atoms with van der Waals surface area (Å²) in [4.78, 5) is 0. The topological polar surface area (TPSA) is 38.0 Å². The summed E-state index contributed by atoms with van der Waals surface area (Å²) in [5.74, 6) is 0. The summed E-state index contributed by atoms with van der Waals surface area (Å²) in [5, 5.41) is 2.75. The summed E-state index contributed by atoms with van der Waals surface area (Å²) in [5.41, 5.74) is 5.03. The zero-order chi connectivity index (χ0) is 6.12. The Morgan fingerprint density at radius 1 is 1.38 bits per heavy atom. The standard InChI is InChI=1S/C3H9N.C2H7N.ClH/c1-2-3-4;1-3-2;/h2-4H2,1H3;3H,1-2H3;1H. The maximum absolute atomic E-state index is 5.03.